The van der Waals surface area contributed by atoms with Gasteiger partial charge in [-0.25, -0.2) is 0 Å². The number of nitrogens with zero attached hydrogens (tertiary/aromatic N) is 6. The molecule has 7 nitrogen and oxygen atoms in total. The molecule has 0 aliphatic carbocycles. The van der Waals surface area contributed by atoms with Gasteiger partial charge in [0.2, 0.25) is 0 Å². The highest BCUT2D eigenvalue weighted by atomic mass is 32.2. The van der Waals surface area contributed by atoms with Gasteiger partial charge in [-0.2, -0.15) is 9.90 Å². The lowest BCUT2D eigenvalue weighted by molar-refractivity contribution is 0.282. The number of aryl methyl sites for hydroxylation is 1. The van der Waals surface area contributed by atoms with Gasteiger partial charge in [0.05, 0.1) is 18.5 Å². The first-order valence-corrected chi connectivity index (χ1v) is 9.75. The van der Waals surface area contributed by atoms with E-state index in [1.165, 1.54) is 0 Å². The second-order valence-corrected chi connectivity index (χ2v) is 7.77. The van der Waals surface area contributed by atoms with Crippen LogP contribution in [0.15, 0.2) is 66.2 Å². The molecule has 0 aliphatic heterocycles. The second kappa shape index (κ2) is 7.95. The molecule has 2 aromatic heterocycles. The Hall–Kier alpha value is -2.97. The van der Waals surface area contributed by atoms with Crippen LogP contribution in [0, 0.1) is 0 Å². The van der Waals surface area contributed by atoms with E-state index in [-0.39, 0.29) is 11.9 Å². The molecular weight excluding hydrogens is 372 g/mol. The summed E-state index contributed by atoms with van der Waals surface area (Å²) >= 11 is 1.66. The van der Waals surface area contributed by atoms with Crippen LogP contribution in [-0.2, 0) is 13.7 Å². The van der Waals surface area contributed by atoms with Gasteiger partial charge in [-0.05, 0) is 36.2 Å². The fourth-order valence-corrected chi connectivity index (χ4v) is 3.76. The van der Waals surface area contributed by atoms with Crippen LogP contribution in [0.5, 0.6) is 0 Å². The minimum Gasteiger partial charge on any atom is -0.392 e. The Morgan fingerprint density at radius 3 is 2.79 bits per heavy atom. The lowest BCUT2D eigenvalue weighted by Gasteiger charge is -2.12. The fraction of sp³-hybridized carbons (Fsp3) is 0.200. The Kier molecular flexibility index (Phi) is 5.23. The number of aromatic nitrogens is 6. The lowest BCUT2D eigenvalue weighted by atomic mass is 10.1. The highest BCUT2D eigenvalue weighted by Gasteiger charge is 2.13. The summed E-state index contributed by atoms with van der Waals surface area (Å²) in [7, 11) is 1.94. The van der Waals surface area contributed by atoms with Crippen molar-refractivity contribution in [1.29, 1.82) is 0 Å². The van der Waals surface area contributed by atoms with E-state index in [2.05, 4.69) is 39.5 Å². The van der Waals surface area contributed by atoms with Crippen LogP contribution in [0.2, 0.25) is 0 Å². The summed E-state index contributed by atoms with van der Waals surface area (Å²) in [6, 6.07) is 15.8. The zero-order chi connectivity index (χ0) is 19.5. The van der Waals surface area contributed by atoms with Crippen molar-refractivity contribution in [2.75, 3.05) is 0 Å². The van der Waals surface area contributed by atoms with Crippen molar-refractivity contribution < 1.29 is 5.11 Å². The maximum Gasteiger partial charge on any atom is 0.191 e. The molecule has 8 heteroatoms. The van der Waals surface area contributed by atoms with Crippen LogP contribution in [0.25, 0.3) is 16.9 Å². The molecule has 1 N–H and O–H groups in total. The second-order valence-electron chi connectivity index (χ2n) is 6.46. The topological polar surface area (TPSA) is 81.7 Å². The van der Waals surface area contributed by atoms with E-state index in [1.807, 2.05) is 48.0 Å². The normalized spacial score (nSPS) is 12.2. The molecule has 28 heavy (non-hydrogen) atoms. The van der Waals surface area contributed by atoms with Crippen LogP contribution in [0.3, 0.4) is 0 Å². The fourth-order valence-electron chi connectivity index (χ4n) is 2.86. The van der Waals surface area contributed by atoms with Gasteiger partial charge in [0, 0.05) is 17.9 Å². The number of thioether (sulfide) groups is 1. The van der Waals surface area contributed by atoms with Crippen molar-refractivity contribution in [2.45, 2.75) is 23.9 Å². The highest BCUT2D eigenvalue weighted by molar-refractivity contribution is 7.99. The monoisotopic (exact) mass is 392 g/mol. The van der Waals surface area contributed by atoms with Crippen LogP contribution in [0.4, 0.5) is 0 Å². The average molecular weight is 392 g/mol. The third kappa shape index (κ3) is 3.83. The summed E-state index contributed by atoms with van der Waals surface area (Å²) in [5.74, 6) is 0. The summed E-state index contributed by atoms with van der Waals surface area (Å²) in [4.78, 5) is 1.63. The van der Waals surface area contributed by atoms with Gasteiger partial charge in [-0.3, -0.25) is 0 Å². The zero-order valence-corrected chi connectivity index (χ0v) is 16.4. The average Bonchev–Trinajstić information content (AvgIpc) is 3.38. The number of hydrogen-bond donors (Lipinski definition) is 1. The lowest BCUT2D eigenvalue weighted by Crippen LogP contribution is -2.01. The van der Waals surface area contributed by atoms with Crippen LogP contribution in [-0.4, -0.2) is 34.9 Å². The molecular formula is C20H20N6OS. The van der Waals surface area contributed by atoms with E-state index in [0.29, 0.717) is 0 Å². The predicted octanol–water partition coefficient (Wildman–Crippen LogP) is 3.41. The van der Waals surface area contributed by atoms with Crippen molar-refractivity contribution in [1.82, 2.24) is 29.8 Å². The summed E-state index contributed by atoms with van der Waals surface area (Å²) in [6.45, 7) is 2.14. The largest absolute Gasteiger partial charge is 0.392 e. The number of hydrogen-bond acceptors (Lipinski definition) is 6. The van der Waals surface area contributed by atoms with Crippen molar-refractivity contribution in [3.8, 4) is 16.9 Å². The van der Waals surface area contributed by atoms with Crippen molar-refractivity contribution in [3.05, 3.63) is 72.2 Å². The first-order valence-electron chi connectivity index (χ1n) is 8.87. The third-order valence-corrected chi connectivity index (χ3v) is 5.63. The van der Waals surface area contributed by atoms with Gasteiger partial charge < -0.3 is 9.67 Å². The smallest absolute Gasteiger partial charge is 0.191 e. The molecule has 0 fully saturated rings. The Bertz CT molecular complexity index is 1090. The number of benzene rings is 2. The molecule has 1 atom stereocenters. The Balaban J connectivity index is 1.58. The number of rotatable bonds is 6. The summed E-state index contributed by atoms with van der Waals surface area (Å²) in [5.41, 5.74) is 4.60. The molecule has 2 heterocycles. The quantitative estimate of drug-likeness (QED) is 0.507. The Morgan fingerprint density at radius 1 is 1.14 bits per heavy atom. The van der Waals surface area contributed by atoms with Crippen LogP contribution < -0.4 is 0 Å². The minimum absolute atomic E-state index is 0.00506. The maximum atomic E-state index is 9.33. The molecule has 0 amide bonds. The van der Waals surface area contributed by atoms with Crippen molar-refractivity contribution >= 4 is 11.8 Å². The molecule has 4 aromatic rings. The van der Waals surface area contributed by atoms with Crippen LogP contribution >= 0.6 is 11.8 Å². The van der Waals surface area contributed by atoms with Gasteiger partial charge in [-0.1, -0.05) is 42.1 Å². The SMILES string of the molecule is CC(Sc1nncn1C)c1cccc(-n2ncc(-c3cccc(CO)c3)n2)c1. The Morgan fingerprint density at radius 2 is 2.00 bits per heavy atom. The van der Waals surface area contributed by atoms with Crippen molar-refractivity contribution in [2.24, 2.45) is 7.05 Å². The maximum absolute atomic E-state index is 9.33. The predicted molar refractivity (Wildman–Crippen MR) is 108 cm³/mol. The molecule has 2 aromatic carbocycles. The molecule has 0 aliphatic rings. The molecule has 0 saturated heterocycles. The molecule has 0 radical (unpaired) electrons. The van der Waals surface area contributed by atoms with Gasteiger partial charge >= 0.3 is 0 Å². The van der Waals surface area contributed by atoms with E-state index >= 15 is 0 Å². The summed E-state index contributed by atoms with van der Waals surface area (Å²) in [6.07, 6.45) is 3.44. The zero-order valence-electron chi connectivity index (χ0n) is 15.6. The number of aliphatic hydroxyl groups is 1. The summed E-state index contributed by atoms with van der Waals surface area (Å²) < 4.78 is 1.91. The molecule has 0 saturated carbocycles. The molecule has 1 unspecified atom stereocenters. The number of aliphatic hydroxyl groups excluding tert-OH is 1. The van der Waals surface area contributed by atoms with Crippen molar-refractivity contribution in [3.63, 3.8) is 0 Å². The van der Waals surface area contributed by atoms with E-state index in [9.17, 15) is 5.11 Å². The van der Waals surface area contributed by atoms with Gasteiger partial charge in [-0.15, -0.1) is 15.3 Å². The summed E-state index contributed by atoms with van der Waals surface area (Å²) in [5, 5.41) is 27.5. The first kappa shape index (κ1) is 18.4. The molecule has 4 rings (SSSR count). The van der Waals surface area contributed by atoms with Gasteiger partial charge in [0.1, 0.15) is 12.0 Å². The molecule has 0 bridgehead atoms. The van der Waals surface area contributed by atoms with Gasteiger partial charge in [0.25, 0.3) is 0 Å². The first-order chi connectivity index (χ1) is 13.6. The minimum atomic E-state index is 0.00506. The van der Waals surface area contributed by atoms with E-state index in [0.717, 1.165) is 33.2 Å². The van der Waals surface area contributed by atoms with E-state index in [4.69, 9.17) is 0 Å². The molecule has 142 valence electrons. The highest BCUT2D eigenvalue weighted by Crippen LogP contribution is 2.33. The van der Waals surface area contributed by atoms with E-state index in [1.54, 1.807) is 29.1 Å². The van der Waals surface area contributed by atoms with Crippen LogP contribution in [0.1, 0.15) is 23.3 Å². The van der Waals surface area contributed by atoms with Gasteiger partial charge in [0.15, 0.2) is 5.16 Å². The van der Waals surface area contributed by atoms with E-state index < -0.39 is 0 Å². The Labute approximate surface area is 167 Å². The standard InChI is InChI=1S/C20H20N6OS/c1-14(28-20-23-21-13-25(20)2)16-6-4-8-18(10-16)26-22-11-19(24-26)17-7-3-5-15(9-17)12-27/h3-11,13-14,27H,12H2,1-2H3. The molecule has 0 spiro atoms. The third-order valence-electron chi connectivity index (χ3n) is 4.42.